The van der Waals surface area contributed by atoms with Gasteiger partial charge in [0.05, 0.1) is 31.5 Å². The number of hydrogen-bond acceptors (Lipinski definition) is 9. The van der Waals surface area contributed by atoms with Crippen molar-refractivity contribution < 1.29 is 33.7 Å². The molecule has 2 atom stereocenters. The van der Waals surface area contributed by atoms with E-state index in [4.69, 9.17) is 14.2 Å². The van der Waals surface area contributed by atoms with Gasteiger partial charge < -0.3 is 19.3 Å². The molecule has 0 bridgehead atoms. The van der Waals surface area contributed by atoms with Crippen LogP contribution in [0.15, 0.2) is 48.0 Å². The summed E-state index contributed by atoms with van der Waals surface area (Å²) < 4.78 is 15.8. The Morgan fingerprint density at radius 3 is 2.57 bits per heavy atom. The van der Waals surface area contributed by atoms with Gasteiger partial charge in [0.25, 0.3) is 5.78 Å². The number of rotatable bonds is 5. The number of aliphatic hydroxyl groups is 1. The fourth-order valence-corrected chi connectivity index (χ4v) is 5.64. The Bertz CT molecular complexity index is 1460. The molecule has 1 fully saturated rings. The standard InChI is InChI=1S/C27H24N2O7S/c1-13-11-17-12-16(7-10-19(17)36-13)22(30)20-21(15-5-8-18(34-3)9-6-15)29(25(32)23(20)31)27-28-14(2)24(37-27)26(33)35-4/h5-10,12-13,21,30H,11H2,1-4H3/b22-20-. The fraction of sp³-hybridized carbons (Fsp3) is 0.259. The van der Waals surface area contributed by atoms with Gasteiger partial charge in [0.1, 0.15) is 28.2 Å². The summed E-state index contributed by atoms with van der Waals surface area (Å²) in [6, 6.07) is 11.0. The van der Waals surface area contributed by atoms with Crippen LogP contribution in [0.4, 0.5) is 5.13 Å². The largest absolute Gasteiger partial charge is 0.507 e. The maximum atomic E-state index is 13.4. The number of hydrogen-bond donors (Lipinski definition) is 1. The van der Waals surface area contributed by atoms with Gasteiger partial charge in [-0.05, 0) is 55.3 Å². The number of carbonyl (C=O) groups excluding carboxylic acids is 3. The first-order valence-corrected chi connectivity index (χ1v) is 12.4. The Morgan fingerprint density at radius 1 is 1.16 bits per heavy atom. The van der Waals surface area contributed by atoms with Gasteiger partial charge in [-0.1, -0.05) is 23.5 Å². The summed E-state index contributed by atoms with van der Waals surface area (Å²) in [4.78, 5) is 44.8. The third-order valence-corrected chi connectivity index (χ3v) is 7.54. The first kappa shape index (κ1) is 24.5. The summed E-state index contributed by atoms with van der Waals surface area (Å²) in [6.45, 7) is 3.58. The summed E-state index contributed by atoms with van der Waals surface area (Å²) in [5.41, 5.74) is 2.17. The molecule has 1 aromatic heterocycles. The molecule has 0 saturated carbocycles. The number of fused-ring (bicyclic) bond motifs is 1. The van der Waals surface area contributed by atoms with Crippen molar-refractivity contribution in [1.82, 2.24) is 4.98 Å². The molecule has 1 N–H and O–H groups in total. The number of aryl methyl sites for hydroxylation is 1. The SMILES string of the molecule is COC(=O)c1sc(N2C(=O)C(=O)/C(=C(\O)c3ccc4c(c3)CC(C)O4)C2c2ccc(OC)cc2)nc1C. The molecule has 5 rings (SSSR count). The number of nitrogens with zero attached hydrogens (tertiary/aromatic N) is 2. The van der Waals surface area contributed by atoms with E-state index >= 15 is 0 Å². The van der Waals surface area contributed by atoms with Crippen LogP contribution < -0.4 is 14.4 Å². The van der Waals surface area contributed by atoms with Gasteiger partial charge in [-0.2, -0.15) is 0 Å². The highest BCUT2D eigenvalue weighted by Gasteiger charge is 2.48. The Balaban J connectivity index is 1.68. The summed E-state index contributed by atoms with van der Waals surface area (Å²) in [5.74, 6) is -1.28. The smallest absolute Gasteiger partial charge is 0.350 e. The van der Waals surface area contributed by atoms with Crippen LogP contribution in [0.3, 0.4) is 0 Å². The lowest BCUT2D eigenvalue weighted by molar-refractivity contribution is -0.132. The topological polar surface area (TPSA) is 115 Å². The first-order valence-electron chi connectivity index (χ1n) is 11.5. The second kappa shape index (κ2) is 9.36. The normalized spacial score (nSPS) is 20.1. The van der Waals surface area contributed by atoms with Crippen LogP contribution in [-0.2, 0) is 20.7 Å². The molecule has 9 nitrogen and oxygen atoms in total. The number of ketones is 1. The number of aliphatic hydroxyl groups excluding tert-OH is 1. The van der Waals surface area contributed by atoms with E-state index < -0.39 is 23.7 Å². The van der Waals surface area contributed by atoms with E-state index in [0.29, 0.717) is 29.0 Å². The number of carbonyl (C=O) groups is 3. The van der Waals surface area contributed by atoms with Crippen LogP contribution in [0.1, 0.15) is 45.0 Å². The lowest BCUT2D eigenvalue weighted by Gasteiger charge is -2.23. The van der Waals surface area contributed by atoms with Gasteiger partial charge >= 0.3 is 11.9 Å². The fourth-order valence-electron chi connectivity index (χ4n) is 4.62. The molecule has 0 radical (unpaired) electrons. The zero-order chi connectivity index (χ0) is 26.4. The third-order valence-electron chi connectivity index (χ3n) is 6.41. The summed E-state index contributed by atoms with van der Waals surface area (Å²) in [5, 5.41) is 11.6. The molecule has 2 aliphatic rings. The predicted octanol–water partition coefficient (Wildman–Crippen LogP) is 4.20. The number of esters is 1. The Hall–Kier alpha value is -4.18. The number of methoxy groups -OCH3 is 2. The third kappa shape index (κ3) is 4.13. The Kier molecular flexibility index (Phi) is 6.20. The highest BCUT2D eigenvalue weighted by Crippen LogP contribution is 2.44. The van der Waals surface area contributed by atoms with E-state index in [1.807, 2.05) is 6.92 Å². The van der Waals surface area contributed by atoms with Crippen molar-refractivity contribution in [2.24, 2.45) is 0 Å². The van der Waals surface area contributed by atoms with Gasteiger partial charge in [-0.3, -0.25) is 14.5 Å². The molecule has 2 unspecified atom stereocenters. The molecule has 10 heteroatoms. The molecule has 2 aliphatic heterocycles. The quantitative estimate of drug-likeness (QED) is 0.230. The van der Waals surface area contributed by atoms with E-state index in [2.05, 4.69) is 4.98 Å². The number of thiazole rings is 1. The summed E-state index contributed by atoms with van der Waals surface area (Å²) in [7, 11) is 2.79. The van der Waals surface area contributed by atoms with Crippen LogP contribution in [-0.4, -0.2) is 48.1 Å². The van der Waals surface area contributed by atoms with E-state index in [-0.39, 0.29) is 27.4 Å². The van der Waals surface area contributed by atoms with E-state index in [9.17, 15) is 19.5 Å². The van der Waals surface area contributed by atoms with Crippen molar-refractivity contribution in [2.45, 2.75) is 32.4 Å². The second-order valence-corrected chi connectivity index (χ2v) is 9.78. The average molecular weight is 521 g/mol. The van der Waals surface area contributed by atoms with Gasteiger partial charge in [-0.25, -0.2) is 9.78 Å². The predicted molar refractivity (Wildman–Crippen MR) is 136 cm³/mol. The van der Waals surface area contributed by atoms with Gasteiger partial charge in [-0.15, -0.1) is 0 Å². The first-order chi connectivity index (χ1) is 17.7. The van der Waals surface area contributed by atoms with Crippen LogP contribution in [0.2, 0.25) is 0 Å². The Morgan fingerprint density at radius 2 is 1.89 bits per heavy atom. The number of amides is 1. The van der Waals surface area contributed by atoms with Crippen LogP contribution in [0, 0.1) is 6.92 Å². The van der Waals surface area contributed by atoms with E-state index in [1.54, 1.807) is 49.4 Å². The van der Waals surface area contributed by atoms with Crippen LogP contribution in [0.25, 0.3) is 5.76 Å². The van der Waals surface area contributed by atoms with Gasteiger partial charge in [0.15, 0.2) is 5.13 Å². The minimum atomic E-state index is -0.981. The minimum absolute atomic E-state index is 0.00873. The molecule has 190 valence electrons. The Labute approximate surface area is 216 Å². The van der Waals surface area contributed by atoms with Gasteiger partial charge in [0.2, 0.25) is 0 Å². The van der Waals surface area contributed by atoms with Crippen molar-refractivity contribution in [3.8, 4) is 11.5 Å². The van der Waals surface area contributed by atoms with Crippen molar-refractivity contribution in [3.63, 3.8) is 0 Å². The maximum absolute atomic E-state index is 13.4. The van der Waals surface area contributed by atoms with Crippen molar-refractivity contribution in [1.29, 1.82) is 0 Å². The van der Waals surface area contributed by atoms with E-state index in [0.717, 1.165) is 22.6 Å². The molecule has 3 aromatic rings. The monoisotopic (exact) mass is 520 g/mol. The lowest BCUT2D eigenvalue weighted by Crippen LogP contribution is -2.29. The number of ether oxygens (including phenoxy) is 3. The molecule has 0 spiro atoms. The minimum Gasteiger partial charge on any atom is -0.507 e. The number of anilines is 1. The highest BCUT2D eigenvalue weighted by atomic mass is 32.1. The molecule has 37 heavy (non-hydrogen) atoms. The molecular formula is C27H24N2O7S. The van der Waals surface area contributed by atoms with Crippen molar-refractivity contribution >= 4 is 39.9 Å². The number of Topliss-reactive ketones (excluding diaryl/α,β-unsaturated/α-hetero) is 1. The van der Waals surface area contributed by atoms with Gasteiger partial charge in [0, 0.05) is 12.0 Å². The van der Waals surface area contributed by atoms with Crippen LogP contribution in [0.5, 0.6) is 11.5 Å². The molecule has 2 aromatic carbocycles. The van der Waals surface area contributed by atoms with E-state index in [1.165, 1.54) is 19.1 Å². The van der Waals surface area contributed by atoms with Crippen molar-refractivity contribution in [2.75, 3.05) is 19.1 Å². The molecule has 3 heterocycles. The highest BCUT2D eigenvalue weighted by molar-refractivity contribution is 7.17. The zero-order valence-electron chi connectivity index (χ0n) is 20.6. The molecule has 1 saturated heterocycles. The summed E-state index contributed by atoms with van der Waals surface area (Å²) >= 11 is 0.949. The maximum Gasteiger partial charge on any atom is 0.350 e. The zero-order valence-corrected chi connectivity index (χ0v) is 21.4. The second-order valence-electron chi connectivity index (χ2n) is 8.80. The lowest BCUT2D eigenvalue weighted by atomic mass is 9.94. The number of benzene rings is 2. The molecular weight excluding hydrogens is 496 g/mol. The van der Waals surface area contributed by atoms with Crippen molar-refractivity contribution in [3.05, 3.63) is 75.3 Å². The molecule has 0 aliphatic carbocycles. The average Bonchev–Trinajstić information content (AvgIpc) is 3.55. The van der Waals surface area contributed by atoms with Crippen LogP contribution >= 0.6 is 11.3 Å². The summed E-state index contributed by atoms with van der Waals surface area (Å²) in [6.07, 6.45) is 0.677. The number of aromatic nitrogens is 1. The molecule has 1 amide bonds.